The minimum absolute atomic E-state index is 0.226. The van der Waals surface area contributed by atoms with Crippen molar-refractivity contribution in [2.45, 2.75) is 52.9 Å². The molecule has 3 rings (SSSR count). The number of hydrogen-bond acceptors (Lipinski definition) is 7. The van der Waals surface area contributed by atoms with Gasteiger partial charge >= 0.3 is 5.97 Å². The number of anilines is 1. The monoisotopic (exact) mass is 418 g/mol. The average Bonchev–Trinajstić information content (AvgIpc) is 3.23. The van der Waals surface area contributed by atoms with Gasteiger partial charge in [0.15, 0.2) is 5.82 Å². The summed E-state index contributed by atoms with van der Waals surface area (Å²) in [4.78, 5) is 18.6. The molecule has 0 aromatic carbocycles. The van der Waals surface area contributed by atoms with Crippen molar-refractivity contribution in [1.82, 2.24) is 25.6 Å². The maximum Gasteiger partial charge on any atom is 0.307 e. The maximum atomic E-state index is 11.9. The van der Waals surface area contributed by atoms with Crippen molar-refractivity contribution < 1.29 is 15.0 Å². The molecule has 1 aliphatic heterocycles. The molecule has 30 heavy (non-hydrogen) atoms. The summed E-state index contributed by atoms with van der Waals surface area (Å²) in [5, 5.41) is 32.9. The Balaban J connectivity index is 0.00000155. The lowest BCUT2D eigenvalue weighted by Crippen LogP contribution is -2.47. The summed E-state index contributed by atoms with van der Waals surface area (Å²) in [7, 11) is 0. The van der Waals surface area contributed by atoms with Crippen molar-refractivity contribution in [2.75, 3.05) is 24.6 Å². The SMILES string of the molecule is CC.CC(C)C[C@H](C(=O)O)[C@H](Cc1ccc(N2CC(CCO)C2)nc1)c1nn[nH]n1. The van der Waals surface area contributed by atoms with Gasteiger partial charge in [0.2, 0.25) is 0 Å². The molecule has 3 N–H and O–H groups in total. The second kappa shape index (κ2) is 11.6. The van der Waals surface area contributed by atoms with Crippen molar-refractivity contribution in [3.8, 4) is 0 Å². The Morgan fingerprint density at radius 1 is 1.30 bits per heavy atom. The largest absolute Gasteiger partial charge is 0.481 e. The summed E-state index contributed by atoms with van der Waals surface area (Å²) in [6.07, 6.45) is 3.66. The second-order valence-corrected chi connectivity index (χ2v) is 7.96. The third-order valence-electron chi connectivity index (χ3n) is 5.30. The van der Waals surface area contributed by atoms with Crippen LogP contribution in [0.25, 0.3) is 0 Å². The predicted molar refractivity (Wildman–Crippen MR) is 114 cm³/mol. The first-order valence-corrected chi connectivity index (χ1v) is 10.7. The van der Waals surface area contributed by atoms with E-state index in [9.17, 15) is 9.90 Å². The molecule has 0 aliphatic carbocycles. The Hall–Kier alpha value is -2.55. The number of carboxylic acids is 1. The van der Waals surface area contributed by atoms with Gasteiger partial charge in [0.1, 0.15) is 5.82 Å². The quantitative estimate of drug-likeness (QED) is 0.537. The molecule has 1 fully saturated rings. The van der Waals surface area contributed by atoms with E-state index in [4.69, 9.17) is 5.11 Å². The van der Waals surface area contributed by atoms with E-state index in [-0.39, 0.29) is 18.4 Å². The van der Waals surface area contributed by atoms with Gasteiger partial charge in [-0.2, -0.15) is 5.21 Å². The molecule has 9 heteroatoms. The van der Waals surface area contributed by atoms with Crippen LogP contribution in [0, 0.1) is 17.8 Å². The molecule has 166 valence electrons. The number of nitrogens with zero attached hydrogens (tertiary/aromatic N) is 5. The van der Waals surface area contributed by atoms with Crippen molar-refractivity contribution in [3.05, 3.63) is 29.7 Å². The highest BCUT2D eigenvalue weighted by Gasteiger charge is 2.33. The number of carbonyl (C=O) groups is 1. The van der Waals surface area contributed by atoms with Gasteiger partial charge in [0.25, 0.3) is 0 Å². The van der Waals surface area contributed by atoms with Crippen LogP contribution in [0.4, 0.5) is 5.82 Å². The van der Waals surface area contributed by atoms with Crippen molar-refractivity contribution >= 4 is 11.8 Å². The highest BCUT2D eigenvalue weighted by molar-refractivity contribution is 5.71. The number of H-pyrrole nitrogens is 1. The molecule has 2 aromatic heterocycles. The summed E-state index contributed by atoms with van der Waals surface area (Å²) in [6.45, 7) is 10.1. The van der Waals surface area contributed by atoms with E-state index in [1.807, 2.05) is 39.8 Å². The Bertz CT molecular complexity index is 745. The topological polar surface area (TPSA) is 128 Å². The van der Waals surface area contributed by atoms with Crippen molar-refractivity contribution in [2.24, 2.45) is 17.8 Å². The summed E-state index contributed by atoms with van der Waals surface area (Å²) < 4.78 is 0. The molecule has 0 radical (unpaired) electrons. The van der Waals surface area contributed by atoms with Crippen LogP contribution in [-0.4, -0.2) is 61.5 Å². The molecule has 0 amide bonds. The van der Waals surface area contributed by atoms with Gasteiger partial charge in [0.05, 0.1) is 5.92 Å². The molecule has 0 saturated carbocycles. The second-order valence-electron chi connectivity index (χ2n) is 7.96. The zero-order valence-corrected chi connectivity index (χ0v) is 18.3. The number of hydrogen-bond donors (Lipinski definition) is 3. The van der Waals surface area contributed by atoms with E-state index in [0.29, 0.717) is 24.6 Å². The summed E-state index contributed by atoms with van der Waals surface area (Å²) in [6, 6.07) is 3.96. The standard InChI is InChI=1S/C19H28N6O3.C2H6/c1-12(2)7-16(19(27)28)15(18-21-23-24-22-18)8-13-3-4-17(20-9-13)25-10-14(11-25)5-6-26;1-2/h3-4,9,12,14-16,26H,5-8,10-11H2,1-2H3,(H,27,28)(H,21,22,23,24);1-2H3/t15-,16-;/m0./s1. The lowest BCUT2D eigenvalue weighted by molar-refractivity contribution is -0.143. The van der Waals surface area contributed by atoms with E-state index >= 15 is 0 Å². The third-order valence-corrected chi connectivity index (χ3v) is 5.30. The smallest absolute Gasteiger partial charge is 0.307 e. The Morgan fingerprint density at radius 3 is 2.53 bits per heavy atom. The number of pyridine rings is 1. The van der Waals surface area contributed by atoms with Crippen LogP contribution in [-0.2, 0) is 11.2 Å². The van der Waals surface area contributed by atoms with Crippen LogP contribution in [0.1, 0.15) is 57.8 Å². The van der Waals surface area contributed by atoms with Crippen LogP contribution in [0.3, 0.4) is 0 Å². The molecule has 0 unspecified atom stereocenters. The van der Waals surface area contributed by atoms with E-state index in [0.717, 1.165) is 30.9 Å². The van der Waals surface area contributed by atoms with E-state index in [1.54, 1.807) is 6.20 Å². The van der Waals surface area contributed by atoms with Crippen molar-refractivity contribution in [3.63, 3.8) is 0 Å². The van der Waals surface area contributed by atoms with E-state index in [1.165, 1.54) is 0 Å². The first kappa shape index (κ1) is 23.7. The number of aliphatic carboxylic acids is 1. The fourth-order valence-electron chi connectivity index (χ4n) is 3.79. The molecule has 2 aromatic rings. The zero-order chi connectivity index (χ0) is 22.1. The van der Waals surface area contributed by atoms with Crippen LogP contribution in [0.15, 0.2) is 18.3 Å². The van der Waals surface area contributed by atoms with Crippen LogP contribution >= 0.6 is 0 Å². The molecular weight excluding hydrogens is 384 g/mol. The fourth-order valence-corrected chi connectivity index (χ4v) is 3.79. The number of aromatic nitrogens is 5. The van der Waals surface area contributed by atoms with Crippen LogP contribution < -0.4 is 4.90 Å². The number of aliphatic hydroxyl groups is 1. The van der Waals surface area contributed by atoms with Crippen LogP contribution in [0.5, 0.6) is 0 Å². The highest BCUT2D eigenvalue weighted by atomic mass is 16.4. The Kier molecular flexibility index (Phi) is 9.16. The predicted octanol–water partition coefficient (Wildman–Crippen LogP) is 2.51. The number of nitrogens with one attached hydrogen (secondary N) is 1. The average molecular weight is 419 g/mol. The number of aromatic amines is 1. The molecule has 0 spiro atoms. The minimum atomic E-state index is -0.844. The molecule has 1 aliphatic rings. The van der Waals surface area contributed by atoms with Crippen molar-refractivity contribution in [1.29, 1.82) is 0 Å². The maximum absolute atomic E-state index is 11.9. The number of rotatable bonds is 10. The highest BCUT2D eigenvalue weighted by Crippen LogP contribution is 2.32. The molecule has 1 saturated heterocycles. The molecule has 2 atom stereocenters. The van der Waals surface area contributed by atoms with Gasteiger partial charge in [-0.05, 0) is 42.7 Å². The van der Waals surface area contributed by atoms with Gasteiger partial charge in [-0.15, -0.1) is 10.2 Å². The van der Waals surface area contributed by atoms with E-state index in [2.05, 4.69) is 30.5 Å². The van der Waals surface area contributed by atoms with Gasteiger partial charge in [0, 0.05) is 31.8 Å². The number of tetrazole rings is 1. The van der Waals surface area contributed by atoms with Crippen LogP contribution in [0.2, 0.25) is 0 Å². The lowest BCUT2D eigenvalue weighted by atomic mass is 9.81. The third kappa shape index (κ3) is 6.22. The summed E-state index contributed by atoms with van der Waals surface area (Å²) >= 11 is 0. The van der Waals surface area contributed by atoms with Gasteiger partial charge in [-0.1, -0.05) is 39.0 Å². The Labute approximate surface area is 177 Å². The van der Waals surface area contributed by atoms with Gasteiger partial charge < -0.3 is 15.1 Å². The first-order chi connectivity index (χ1) is 14.5. The number of carboxylic acid groups (broad SMARTS) is 1. The van der Waals surface area contributed by atoms with Gasteiger partial charge in [-0.25, -0.2) is 4.98 Å². The first-order valence-electron chi connectivity index (χ1n) is 10.7. The summed E-state index contributed by atoms with van der Waals surface area (Å²) in [5.41, 5.74) is 0.945. The zero-order valence-electron chi connectivity index (χ0n) is 18.3. The molecule has 0 bridgehead atoms. The normalized spacial score (nSPS) is 15.9. The summed E-state index contributed by atoms with van der Waals surface area (Å²) in [5.74, 6) is 0.299. The van der Waals surface area contributed by atoms with Gasteiger partial charge in [-0.3, -0.25) is 4.79 Å². The molecular formula is C21H34N6O3. The molecule has 3 heterocycles. The molecule has 9 nitrogen and oxygen atoms in total. The minimum Gasteiger partial charge on any atom is -0.481 e. The lowest BCUT2D eigenvalue weighted by Gasteiger charge is -2.40. The Morgan fingerprint density at radius 2 is 2.03 bits per heavy atom. The number of aliphatic hydroxyl groups excluding tert-OH is 1. The van der Waals surface area contributed by atoms with E-state index < -0.39 is 11.9 Å². The fraction of sp³-hybridized carbons (Fsp3) is 0.667.